The molecule has 7 rings (SSSR count). The maximum absolute atomic E-state index is 2.70. The molecule has 0 heterocycles. The lowest BCUT2D eigenvalue weighted by molar-refractivity contribution is 0.538. The molecule has 0 bridgehead atoms. The first-order valence-corrected chi connectivity index (χ1v) is 15.9. The predicted molar refractivity (Wildman–Crippen MR) is 147 cm³/mol. The minimum Gasteiger partial charge on any atom is -0.0903 e. The van der Waals surface area contributed by atoms with E-state index in [1.54, 1.807) is 11.1 Å². The Kier molecular flexibility index (Phi) is 4.00. The lowest BCUT2D eigenvalue weighted by Gasteiger charge is -2.48. The fraction of sp³-hybridized carbons (Fsp3) is 0.152. The van der Waals surface area contributed by atoms with Gasteiger partial charge in [-0.3, -0.25) is 0 Å². The van der Waals surface area contributed by atoms with Crippen LogP contribution in [0.25, 0.3) is 27.8 Å². The summed E-state index contributed by atoms with van der Waals surface area (Å²) in [6.45, 7) is 7.41. The van der Waals surface area contributed by atoms with Crippen LogP contribution in [0.3, 0.4) is 0 Å². The Morgan fingerprint density at radius 1 is 0.559 bits per heavy atom. The molecule has 0 amide bonds. The molecule has 0 radical (unpaired) electrons. The van der Waals surface area contributed by atoms with E-state index >= 15 is 0 Å². The van der Waals surface area contributed by atoms with Gasteiger partial charge in [0.15, 0.2) is 0 Å². The third kappa shape index (κ3) is 2.54. The van der Waals surface area contributed by atoms with Gasteiger partial charge in [0.25, 0.3) is 0 Å². The molecule has 4 aromatic carbocycles. The lowest BCUT2D eigenvalue weighted by atomic mass is 9.55. The molecule has 1 saturated carbocycles. The highest BCUT2D eigenvalue weighted by Crippen LogP contribution is 2.66. The van der Waals surface area contributed by atoms with Crippen LogP contribution in [-0.2, 0) is 5.41 Å². The van der Waals surface area contributed by atoms with Gasteiger partial charge in [0.05, 0.1) is 8.07 Å². The minimum atomic E-state index is -1.50. The Labute approximate surface area is 203 Å². The zero-order valence-electron chi connectivity index (χ0n) is 20.0. The Bertz CT molecular complexity index is 1460. The molecule has 0 N–H and O–H groups in total. The van der Waals surface area contributed by atoms with Gasteiger partial charge in [-0.05, 0) is 67.6 Å². The van der Waals surface area contributed by atoms with Crippen molar-refractivity contribution in [3.63, 3.8) is 0 Å². The summed E-state index contributed by atoms with van der Waals surface area (Å²) in [5.74, 6) is 0. The molecular weight excluding hydrogens is 424 g/mol. The van der Waals surface area contributed by atoms with Crippen LogP contribution in [0.5, 0.6) is 0 Å². The van der Waals surface area contributed by atoms with E-state index in [0.717, 1.165) is 6.42 Å². The first kappa shape index (κ1) is 20.0. The number of allylic oxidation sites excluding steroid dienone is 2. The molecule has 3 aliphatic carbocycles. The van der Waals surface area contributed by atoms with Crippen molar-refractivity contribution in [1.29, 1.82) is 0 Å². The molecule has 34 heavy (non-hydrogen) atoms. The van der Waals surface area contributed by atoms with Crippen molar-refractivity contribution in [2.45, 2.75) is 31.5 Å². The van der Waals surface area contributed by atoms with Crippen LogP contribution in [0.1, 0.15) is 28.7 Å². The second-order valence-corrected chi connectivity index (χ2v) is 16.1. The molecule has 0 aromatic heterocycles. The first-order chi connectivity index (χ1) is 16.5. The lowest BCUT2D eigenvalue weighted by Crippen LogP contribution is -2.41. The normalized spacial score (nSPS) is 17.9. The fourth-order valence-electron chi connectivity index (χ4n) is 6.62. The molecule has 0 nitrogen and oxygen atoms in total. The number of rotatable bonds is 1. The molecule has 0 aliphatic heterocycles. The van der Waals surface area contributed by atoms with Gasteiger partial charge in [0.2, 0.25) is 0 Å². The maximum Gasteiger partial charge on any atom is 0.0691 e. The average molecular weight is 453 g/mol. The first-order valence-electron chi connectivity index (χ1n) is 12.3. The van der Waals surface area contributed by atoms with E-state index < -0.39 is 8.07 Å². The summed E-state index contributed by atoms with van der Waals surface area (Å²) in [6, 6.07) is 36.2. The van der Waals surface area contributed by atoms with Crippen LogP contribution in [0.15, 0.2) is 114 Å². The molecule has 4 aromatic rings. The monoisotopic (exact) mass is 452 g/mol. The van der Waals surface area contributed by atoms with Crippen molar-refractivity contribution in [1.82, 2.24) is 0 Å². The van der Waals surface area contributed by atoms with Crippen molar-refractivity contribution < 1.29 is 0 Å². The number of benzene rings is 4. The Morgan fingerprint density at radius 3 is 1.44 bits per heavy atom. The third-order valence-corrected chi connectivity index (χ3v) is 9.01. The minimum absolute atomic E-state index is 0.0255. The second-order valence-electron chi connectivity index (χ2n) is 11.0. The number of fused-ring (bicyclic) bond motifs is 8. The van der Waals surface area contributed by atoms with Gasteiger partial charge in [0, 0.05) is 5.41 Å². The fourth-order valence-corrected chi connectivity index (χ4v) is 7.91. The quantitative estimate of drug-likeness (QED) is 0.223. The number of hydrogen-bond donors (Lipinski definition) is 0. The summed E-state index contributed by atoms with van der Waals surface area (Å²) in [5, 5.41) is 0. The van der Waals surface area contributed by atoms with Gasteiger partial charge in [-0.2, -0.15) is 0 Å². The van der Waals surface area contributed by atoms with E-state index in [2.05, 4.69) is 122 Å². The topological polar surface area (TPSA) is 0 Å². The van der Waals surface area contributed by atoms with E-state index in [1.807, 2.05) is 0 Å². The Morgan fingerprint density at radius 2 is 0.971 bits per heavy atom. The van der Waals surface area contributed by atoms with Crippen molar-refractivity contribution in [3.05, 3.63) is 136 Å². The SMILES string of the molecule is C[Si](C)(C)/C=C1/C(=C2c3ccccc3-c3ccccc32)CC12c1ccccc1-c1ccccc12. The van der Waals surface area contributed by atoms with Crippen molar-refractivity contribution in [2.75, 3.05) is 0 Å². The standard InChI is InChI=1S/C33H28Si/c1-34(2,3)21-31-28(32-26-16-6-4-12-22(26)23-13-5-7-17-27(23)32)20-33(31)29-18-10-8-14-24(29)25-15-9-11-19-30(25)33/h4-19,21H,20H2,1-3H3/b31-21-. The summed E-state index contributed by atoms with van der Waals surface area (Å²) in [6.07, 6.45) is 1.06. The predicted octanol–water partition coefficient (Wildman–Crippen LogP) is 8.64. The summed E-state index contributed by atoms with van der Waals surface area (Å²) < 4.78 is 0. The van der Waals surface area contributed by atoms with E-state index in [9.17, 15) is 0 Å². The summed E-state index contributed by atoms with van der Waals surface area (Å²) in [7, 11) is -1.50. The zero-order chi connectivity index (χ0) is 23.1. The third-order valence-electron chi connectivity index (χ3n) is 7.85. The van der Waals surface area contributed by atoms with Gasteiger partial charge in [-0.1, -0.05) is 122 Å². The summed E-state index contributed by atoms with van der Waals surface area (Å²) in [5.41, 5.74) is 18.6. The largest absolute Gasteiger partial charge is 0.0903 e. The highest BCUT2D eigenvalue weighted by Gasteiger charge is 2.55. The maximum atomic E-state index is 2.70. The van der Waals surface area contributed by atoms with Crippen molar-refractivity contribution >= 4 is 13.6 Å². The van der Waals surface area contributed by atoms with Crippen LogP contribution in [0, 0.1) is 0 Å². The summed E-state index contributed by atoms with van der Waals surface area (Å²) >= 11 is 0. The molecule has 1 heteroatoms. The van der Waals surface area contributed by atoms with Gasteiger partial charge in [-0.25, -0.2) is 0 Å². The molecule has 3 aliphatic rings. The highest BCUT2D eigenvalue weighted by molar-refractivity contribution is 6.81. The van der Waals surface area contributed by atoms with Crippen LogP contribution in [0.4, 0.5) is 0 Å². The summed E-state index contributed by atoms with van der Waals surface area (Å²) in [4.78, 5) is 0. The molecule has 0 atom stereocenters. The highest BCUT2D eigenvalue weighted by atomic mass is 28.3. The van der Waals surface area contributed by atoms with Crippen LogP contribution < -0.4 is 0 Å². The zero-order valence-corrected chi connectivity index (χ0v) is 21.0. The van der Waals surface area contributed by atoms with Crippen LogP contribution in [0.2, 0.25) is 19.6 Å². The molecule has 1 spiro atoms. The molecule has 1 fully saturated rings. The van der Waals surface area contributed by atoms with E-state index in [4.69, 9.17) is 0 Å². The molecular formula is C33H28Si. The van der Waals surface area contributed by atoms with Crippen molar-refractivity contribution in [2.24, 2.45) is 0 Å². The van der Waals surface area contributed by atoms with Gasteiger partial charge in [-0.15, -0.1) is 0 Å². The van der Waals surface area contributed by atoms with Crippen LogP contribution >= 0.6 is 0 Å². The van der Waals surface area contributed by atoms with Crippen LogP contribution in [-0.4, -0.2) is 8.07 Å². The van der Waals surface area contributed by atoms with E-state index in [-0.39, 0.29) is 5.41 Å². The van der Waals surface area contributed by atoms with Gasteiger partial charge < -0.3 is 0 Å². The Hall–Kier alpha value is -3.42. The second kappa shape index (κ2) is 6.80. The average Bonchev–Trinajstić information content (AvgIpc) is 3.33. The number of hydrogen-bond acceptors (Lipinski definition) is 0. The van der Waals surface area contributed by atoms with Crippen molar-refractivity contribution in [3.8, 4) is 22.3 Å². The Balaban J connectivity index is 1.56. The van der Waals surface area contributed by atoms with E-state index in [0.29, 0.717) is 0 Å². The molecule has 164 valence electrons. The molecule has 0 unspecified atom stereocenters. The van der Waals surface area contributed by atoms with E-state index in [1.165, 1.54) is 50.1 Å². The molecule has 0 saturated heterocycles. The van der Waals surface area contributed by atoms with Gasteiger partial charge >= 0.3 is 0 Å². The van der Waals surface area contributed by atoms with Gasteiger partial charge in [0.1, 0.15) is 0 Å². The smallest absolute Gasteiger partial charge is 0.0691 e.